The van der Waals surface area contributed by atoms with E-state index in [0.717, 1.165) is 24.8 Å². The molecular weight excluding hydrogens is 332 g/mol. The summed E-state index contributed by atoms with van der Waals surface area (Å²) in [6.07, 6.45) is 9.12. The quantitative estimate of drug-likeness (QED) is 0.790. The topological polar surface area (TPSA) is 93.5 Å². The standard InChI is InChI=1S/C15H24N4O4S/c1-24(21,22)17-7-13-9-18(8-12-6-16-11-19(12)13)15(20)10-23-14-4-2-3-5-14/h6,11,13-14,17H,2-5,7-10H2,1H3. The lowest BCUT2D eigenvalue weighted by molar-refractivity contribution is -0.140. The van der Waals surface area contributed by atoms with Crippen molar-refractivity contribution in [2.24, 2.45) is 0 Å². The molecular formula is C15H24N4O4S. The average molecular weight is 356 g/mol. The minimum absolute atomic E-state index is 0.0568. The van der Waals surface area contributed by atoms with Crippen molar-refractivity contribution in [2.45, 2.75) is 44.4 Å². The molecule has 0 radical (unpaired) electrons. The number of fused-ring (bicyclic) bond motifs is 1. The van der Waals surface area contributed by atoms with Crippen LogP contribution in [0.1, 0.15) is 37.4 Å². The zero-order chi connectivity index (χ0) is 17.2. The first-order chi connectivity index (χ1) is 11.4. The Hall–Kier alpha value is -1.45. The second kappa shape index (κ2) is 7.20. The van der Waals surface area contributed by atoms with Gasteiger partial charge in [0.15, 0.2) is 0 Å². The number of nitrogens with one attached hydrogen (secondary N) is 1. The Balaban J connectivity index is 1.61. The van der Waals surface area contributed by atoms with Gasteiger partial charge in [-0.3, -0.25) is 4.79 Å². The first-order valence-corrected chi connectivity index (χ1v) is 10.2. The molecule has 2 aliphatic rings. The minimum Gasteiger partial charge on any atom is -0.368 e. The summed E-state index contributed by atoms with van der Waals surface area (Å²) in [6, 6.07) is -0.165. The van der Waals surface area contributed by atoms with Crippen molar-refractivity contribution in [1.29, 1.82) is 0 Å². The molecule has 0 bridgehead atoms. The van der Waals surface area contributed by atoms with E-state index in [1.807, 2.05) is 4.57 Å². The van der Waals surface area contributed by atoms with Crippen LogP contribution in [0.3, 0.4) is 0 Å². The van der Waals surface area contributed by atoms with Crippen LogP contribution in [-0.4, -0.2) is 60.8 Å². The van der Waals surface area contributed by atoms with Crippen LogP contribution in [-0.2, 0) is 26.1 Å². The Morgan fingerprint density at radius 3 is 2.88 bits per heavy atom. The highest BCUT2D eigenvalue weighted by molar-refractivity contribution is 7.88. The Kier molecular flexibility index (Phi) is 5.21. The largest absolute Gasteiger partial charge is 0.368 e. The van der Waals surface area contributed by atoms with Crippen molar-refractivity contribution < 1.29 is 17.9 Å². The fraction of sp³-hybridized carbons (Fsp3) is 0.733. The van der Waals surface area contributed by atoms with Gasteiger partial charge in [-0.25, -0.2) is 18.1 Å². The van der Waals surface area contributed by atoms with Gasteiger partial charge in [-0.15, -0.1) is 0 Å². The fourth-order valence-electron chi connectivity index (χ4n) is 3.32. The van der Waals surface area contributed by atoms with Crippen molar-refractivity contribution in [3.8, 4) is 0 Å². The predicted octanol–water partition coefficient (Wildman–Crippen LogP) is 0.275. The maximum absolute atomic E-state index is 12.5. The van der Waals surface area contributed by atoms with Crippen LogP contribution in [0.15, 0.2) is 12.5 Å². The van der Waals surface area contributed by atoms with Gasteiger partial charge in [0, 0.05) is 19.3 Å². The third kappa shape index (κ3) is 4.34. The van der Waals surface area contributed by atoms with Gasteiger partial charge < -0.3 is 14.2 Å². The van der Waals surface area contributed by atoms with E-state index >= 15 is 0 Å². The SMILES string of the molecule is CS(=O)(=O)NCC1CN(C(=O)COC2CCCC2)Cc2cncn21. The molecule has 0 saturated heterocycles. The molecule has 1 saturated carbocycles. The molecule has 1 aromatic rings. The first kappa shape index (κ1) is 17.4. The summed E-state index contributed by atoms with van der Waals surface area (Å²) in [6.45, 7) is 1.24. The molecule has 24 heavy (non-hydrogen) atoms. The Labute approximate surface area is 142 Å². The summed E-state index contributed by atoms with van der Waals surface area (Å²) in [7, 11) is -3.28. The molecule has 1 N–H and O–H groups in total. The number of hydrogen-bond acceptors (Lipinski definition) is 5. The van der Waals surface area contributed by atoms with E-state index in [1.165, 1.54) is 12.8 Å². The summed E-state index contributed by atoms with van der Waals surface area (Å²) in [5.74, 6) is -0.0568. The number of aromatic nitrogens is 2. The molecule has 2 heterocycles. The van der Waals surface area contributed by atoms with Crippen molar-refractivity contribution in [1.82, 2.24) is 19.2 Å². The van der Waals surface area contributed by atoms with Gasteiger partial charge in [-0.1, -0.05) is 12.8 Å². The highest BCUT2D eigenvalue weighted by atomic mass is 32.2. The van der Waals surface area contributed by atoms with Crippen LogP contribution in [0.2, 0.25) is 0 Å². The number of ether oxygens (including phenoxy) is 1. The summed E-state index contributed by atoms with van der Waals surface area (Å²) >= 11 is 0. The summed E-state index contributed by atoms with van der Waals surface area (Å²) in [5.41, 5.74) is 0.899. The van der Waals surface area contributed by atoms with E-state index in [0.29, 0.717) is 13.1 Å². The van der Waals surface area contributed by atoms with Gasteiger partial charge in [0.2, 0.25) is 15.9 Å². The van der Waals surface area contributed by atoms with Crippen molar-refractivity contribution in [3.63, 3.8) is 0 Å². The number of imidazole rings is 1. The van der Waals surface area contributed by atoms with E-state index in [1.54, 1.807) is 17.4 Å². The van der Waals surface area contributed by atoms with E-state index in [4.69, 9.17) is 4.74 Å². The summed E-state index contributed by atoms with van der Waals surface area (Å²) in [5, 5.41) is 0. The molecule has 9 heteroatoms. The fourth-order valence-corrected chi connectivity index (χ4v) is 3.82. The Bertz CT molecular complexity index is 681. The third-order valence-electron chi connectivity index (χ3n) is 4.60. The highest BCUT2D eigenvalue weighted by Gasteiger charge is 2.29. The van der Waals surface area contributed by atoms with Gasteiger partial charge in [0.25, 0.3) is 0 Å². The van der Waals surface area contributed by atoms with E-state index in [-0.39, 0.29) is 31.2 Å². The second-order valence-electron chi connectivity index (χ2n) is 6.56. The number of carbonyl (C=O) groups excluding carboxylic acids is 1. The predicted molar refractivity (Wildman–Crippen MR) is 87.7 cm³/mol. The first-order valence-electron chi connectivity index (χ1n) is 8.27. The summed E-state index contributed by atoms with van der Waals surface area (Å²) < 4.78 is 32.9. The van der Waals surface area contributed by atoms with Crippen molar-refractivity contribution >= 4 is 15.9 Å². The molecule has 1 aliphatic carbocycles. The number of rotatable bonds is 6. The maximum atomic E-state index is 12.5. The van der Waals surface area contributed by atoms with Crippen LogP contribution in [0, 0.1) is 0 Å². The molecule has 1 aliphatic heterocycles. The van der Waals surface area contributed by atoms with Gasteiger partial charge >= 0.3 is 0 Å². The lowest BCUT2D eigenvalue weighted by Gasteiger charge is -2.34. The van der Waals surface area contributed by atoms with Crippen LogP contribution in [0.5, 0.6) is 0 Å². The Morgan fingerprint density at radius 1 is 1.42 bits per heavy atom. The van der Waals surface area contributed by atoms with Gasteiger partial charge in [0.1, 0.15) is 6.61 Å². The number of sulfonamides is 1. The zero-order valence-corrected chi connectivity index (χ0v) is 14.7. The molecule has 1 amide bonds. The highest BCUT2D eigenvalue weighted by Crippen LogP contribution is 2.23. The zero-order valence-electron chi connectivity index (χ0n) is 13.8. The minimum atomic E-state index is -3.28. The van der Waals surface area contributed by atoms with Crippen molar-refractivity contribution in [2.75, 3.05) is 26.0 Å². The van der Waals surface area contributed by atoms with Crippen LogP contribution < -0.4 is 4.72 Å². The summed E-state index contributed by atoms with van der Waals surface area (Å²) in [4.78, 5) is 18.3. The average Bonchev–Trinajstić information content (AvgIpc) is 3.20. The molecule has 1 unspecified atom stereocenters. The van der Waals surface area contributed by atoms with Gasteiger partial charge in [-0.05, 0) is 12.8 Å². The molecule has 0 aromatic carbocycles. The molecule has 1 atom stereocenters. The van der Waals surface area contributed by atoms with E-state index in [9.17, 15) is 13.2 Å². The molecule has 8 nitrogen and oxygen atoms in total. The maximum Gasteiger partial charge on any atom is 0.249 e. The molecule has 134 valence electrons. The molecule has 1 aromatic heterocycles. The van der Waals surface area contributed by atoms with Gasteiger partial charge in [-0.2, -0.15) is 0 Å². The number of amides is 1. The lowest BCUT2D eigenvalue weighted by Crippen LogP contribution is -2.45. The Morgan fingerprint density at radius 2 is 2.17 bits per heavy atom. The lowest BCUT2D eigenvalue weighted by atomic mass is 10.2. The molecule has 0 spiro atoms. The normalized spacial score (nSPS) is 21.9. The smallest absolute Gasteiger partial charge is 0.249 e. The van der Waals surface area contributed by atoms with E-state index in [2.05, 4.69) is 9.71 Å². The van der Waals surface area contributed by atoms with Crippen LogP contribution in [0.4, 0.5) is 0 Å². The number of carbonyl (C=O) groups is 1. The van der Waals surface area contributed by atoms with Crippen LogP contribution in [0.25, 0.3) is 0 Å². The van der Waals surface area contributed by atoms with Crippen LogP contribution >= 0.6 is 0 Å². The molecule has 3 rings (SSSR count). The second-order valence-corrected chi connectivity index (χ2v) is 8.39. The van der Waals surface area contributed by atoms with E-state index < -0.39 is 10.0 Å². The monoisotopic (exact) mass is 356 g/mol. The number of nitrogens with zero attached hydrogens (tertiary/aromatic N) is 3. The van der Waals surface area contributed by atoms with Gasteiger partial charge in [0.05, 0.1) is 37.0 Å². The number of hydrogen-bond donors (Lipinski definition) is 1. The van der Waals surface area contributed by atoms with Crippen molar-refractivity contribution in [3.05, 3.63) is 18.2 Å². The molecule has 1 fully saturated rings. The third-order valence-corrected chi connectivity index (χ3v) is 5.29.